The Hall–Kier alpha value is -1.68. The number of amides is 1. The summed E-state index contributed by atoms with van der Waals surface area (Å²) in [5.41, 5.74) is 2.44. The Morgan fingerprint density at radius 1 is 1.30 bits per heavy atom. The second-order valence-electron chi connectivity index (χ2n) is 4.71. The van der Waals surface area contributed by atoms with Crippen molar-refractivity contribution in [1.82, 2.24) is 4.98 Å². The quantitative estimate of drug-likeness (QED) is 0.854. The third kappa shape index (κ3) is 3.67. The van der Waals surface area contributed by atoms with Crippen molar-refractivity contribution in [3.63, 3.8) is 0 Å². The summed E-state index contributed by atoms with van der Waals surface area (Å²) in [6.45, 7) is 2.07. The molecule has 1 amide bonds. The Morgan fingerprint density at radius 3 is 2.75 bits per heavy atom. The number of aromatic nitrogens is 1. The van der Waals surface area contributed by atoms with Crippen molar-refractivity contribution in [3.8, 4) is 0 Å². The van der Waals surface area contributed by atoms with Crippen molar-refractivity contribution in [3.05, 3.63) is 58.2 Å². The molecule has 0 saturated carbocycles. The third-order valence-electron chi connectivity index (χ3n) is 3.29. The van der Waals surface area contributed by atoms with Gasteiger partial charge in [-0.05, 0) is 36.6 Å². The second kappa shape index (κ2) is 6.66. The number of pyridine rings is 1. The van der Waals surface area contributed by atoms with Crippen LogP contribution in [0.5, 0.6) is 0 Å². The lowest BCUT2D eigenvalue weighted by Crippen LogP contribution is -2.27. The van der Waals surface area contributed by atoms with E-state index in [0.29, 0.717) is 12.2 Å². The molecular weight excluding hydrogens is 316 g/mol. The number of aryl methyl sites for hydroxylation is 2. The monoisotopic (exact) mass is 332 g/mol. The number of rotatable bonds is 4. The molecule has 0 bridgehead atoms. The molecule has 0 fully saturated rings. The topological polar surface area (TPSA) is 33.2 Å². The van der Waals surface area contributed by atoms with E-state index >= 15 is 0 Å². The number of hydrogen-bond acceptors (Lipinski definition) is 2. The second-order valence-corrected chi connectivity index (χ2v) is 5.63. The number of hydrogen-bond donors (Lipinski definition) is 0. The molecule has 0 spiro atoms. The van der Waals surface area contributed by atoms with Gasteiger partial charge in [0, 0.05) is 24.1 Å². The maximum atomic E-state index is 12.2. The summed E-state index contributed by atoms with van der Waals surface area (Å²) < 4.78 is 0.918. The normalized spacial score (nSPS) is 10.3. The van der Waals surface area contributed by atoms with Crippen molar-refractivity contribution in [1.29, 1.82) is 0 Å². The molecule has 2 aromatic rings. The fourth-order valence-electron chi connectivity index (χ4n) is 2.00. The van der Waals surface area contributed by atoms with Crippen molar-refractivity contribution in [2.45, 2.75) is 19.8 Å². The van der Waals surface area contributed by atoms with Gasteiger partial charge in [-0.25, -0.2) is 4.98 Å². The van der Waals surface area contributed by atoms with E-state index in [9.17, 15) is 4.79 Å². The predicted octanol–water partition coefficient (Wildman–Crippen LogP) is 3.75. The Labute approximate surface area is 127 Å². The van der Waals surface area contributed by atoms with Gasteiger partial charge < -0.3 is 0 Å². The number of halogens is 1. The zero-order chi connectivity index (χ0) is 14.5. The minimum Gasteiger partial charge on any atom is -0.300 e. The molecule has 1 heterocycles. The first-order chi connectivity index (χ1) is 9.58. The lowest BCUT2D eigenvalue weighted by atomic mass is 10.0. The van der Waals surface area contributed by atoms with Gasteiger partial charge >= 0.3 is 0 Å². The summed E-state index contributed by atoms with van der Waals surface area (Å²) in [5, 5.41) is 0. The van der Waals surface area contributed by atoms with E-state index < -0.39 is 0 Å². The fourth-order valence-corrected chi connectivity index (χ4v) is 2.33. The molecule has 0 radical (unpaired) electrons. The van der Waals surface area contributed by atoms with Crippen LogP contribution in [0.2, 0.25) is 0 Å². The standard InChI is InChI=1S/C16H17BrN2O/c1-12-5-3-4-6-13(12)7-8-16(20)19(2)15-11-14(17)9-10-18-15/h3-6,9-11H,7-8H2,1-2H3. The van der Waals surface area contributed by atoms with Gasteiger partial charge in [-0.2, -0.15) is 0 Å². The maximum Gasteiger partial charge on any atom is 0.228 e. The van der Waals surface area contributed by atoms with Gasteiger partial charge in [0.2, 0.25) is 5.91 Å². The van der Waals surface area contributed by atoms with Gasteiger partial charge in [0.1, 0.15) is 5.82 Å². The zero-order valence-electron chi connectivity index (χ0n) is 11.6. The number of anilines is 1. The first kappa shape index (κ1) is 14.7. The van der Waals surface area contributed by atoms with Crippen molar-refractivity contribution in [2.24, 2.45) is 0 Å². The molecule has 4 heteroatoms. The van der Waals surface area contributed by atoms with Gasteiger partial charge in [0.25, 0.3) is 0 Å². The Balaban J connectivity index is 2.00. The smallest absolute Gasteiger partial charge is 0.228 e. The van der Waals surface area contributed by atoms with Crippen LogP contribution in [0.15, 0.2) is 47.1 Å². The molecule has 104 valence electrons. The molecule has 0 aliphatic carbocycles. The zero-order valence-corrected chi connectivity index (χ0v) is 13.2. The van der Waals surface area contributed by atoms with Gasteiger partial charge in [0.15, 0.2) is 0 Å². The van der Waals surface area contributed by atoms with Crippen LogP contribution in [-0.4, -0.2) is 17.9 Å². The van der Waals surface area contributed by atoms with E-state index in [0.717, 1.165) is 10.9 Å². The molecule has 1 aromatic carbocycles. The van der Waals surface area contributed by atoms with Gasteiger partial charge in [-0.3, -0.25) is 9.69 Å². The highest BCUT2D eigenvalue weighted by molar-refractivity contribution is 9.10. The summed E-state index contributed by atoms with van der Waals surface area (Å²) in [5.74, 6) is 0.730. The SMILES string of the molecule is Cc1ccccc1CCC(=O)N(C)c1cc(Br)ccn1. The molecule has 0 aliphatic rings. The molecule has 0 unspecified atom stereocenters. The molecule has 0 saturated heterocycles. The first-order valence-corrected chi connectivity index (χ1v) is 7.30. The summed E-state index contributed by atoms with van der Waals surface area (Å²) in [4.78, 5) is 18.0. The Kier molecular flexibility index (Phi) is 4.90. The maximum absolute atomic E-state index is 12.2. The van der Waals surface area contributed by atoms with Crippen molar-refractivity contribution < 1.29 is 4.79 Å². The number of nitrogens with zero attached hydrogens (tertiary/aromatic N) is 2. The fraction of sp³-hybridized carbons (Fsp3) is 0.250. The van der Waals surface area contributed by atoms with Crippen LogP contribution in [0.4, 0.5) is 5.82 Å². The van der Waals surface area contributed by atoms with E-state index in [4.69, 9.17) is 0 Å². The minimum absolute atomic E-state index is 0.0684. The summed E-state index contributed by atoms with van der Waals surface area (Å²) in [6.07, 6.45) is 2.92. The third-order valence-corrected chi connectivity index (χ3v) is 3.79. The molecule has 20 heavy (non-hydrogen) atoms. The number of carbonyl (C=O) groups is 1. The highest BCUT2D eigenvalue weighted by atomic mass is 79.9. The number of carbonyl (C=O) groups excluding carboxylic acids is 1. The van der Waals surface area contributed by atoms with Crippen molar-refractivity contribution >= 4 is 27.7 Å². The van der Waals surface area contributed by atoms with E-state index in [2.05, 4.69) is 40.0 Å². The summed E-state index contributed by atoms with van der Waals surface area (Å²) in [7, 11) is 1.76. The lowest BCUT2D eigenvalue weighted by Gasteiger charge is -2.16. The molecular formula is C16H17BrN2O. The van der Waals surface area contributed by atoms with Crippen LogP contribution in [0.3, 0.4) is 0 Å². The van der Waals surface area contributed by atoms with Crippen LogP contribution in [-0.2, 0) is 11.2 Å². The van der Waals surface area contributed by atoms with Crippen LogP contribution < -0.4 is 4.90 Å². The summed E-state index contributed by atoms with van der Waals surface area (Å²) >= 11 is 3.39. The van der Waals surface area contributed by atoms with Crippen LogP contribution in [0, 0.1) is 6.92 Å². The molecule has 0 atom stereocenters. The van der Waals surface area contributed by atoms with E-state index in [1.807, 2.05) is 24.3 Å². The molecule has 0 N–H and O–H groups in total. The van der Waals surface area contributed by atoms with Gasteiger partial charge in [-0.1, -0.05) is 40.2 Å². The van der Waals surface area contributed by atoms with Crippen LogP contribution >= 0.6 is 15.9 Å². The Morgan fingerprint density at radius 2 is 2.05 bits per heavy atom. The highest BCUT2D eigenvalue weighted by Gasteiger charge is 2.12. The molecule has 2 rings (SSSR count). The average Bonchev–Trinajstić information content (AvgIpc) is 2.45. The summed E-state index contributed by atoms with van der Waals surface area (Å²) in [6, 6.07) is 11.8. The van der Waals surface area contributed by atoms with E-state index in [1.54, 1.807) is 18.1 Å². The van der Waals surface area contributed by atoms with Crippen LogP contribution in [0.1, 0.15) is 17.5 Å². The molecule has 0 aliphatic heterocycles. The van der Waals surface area contributed by atoms with E-state index in [1.165, 1.54) is 11.1 Å². The highest BCUT2D eigenvalue weighted by Crippen LogP contribution is 2.17. The predicted molar refractivity (Wildman–Crippen MR) is 84.8 cm³/mol. The number of benzene rings is 1. The van der Waals surface area contributed by atoms with Crippen LogP contribution in [0.25, 0.3) is 0 Å². The molecule has 3 nitrogen and oxygen atoms in total. The Bertz CT molecular complexity index is 613. The van der Waals surface area contributed by atoms with Gasteiger partial charge in [0.05, 0.1) is 0 Å². The van der Waals surface area contributed by atoms with Gasteiger partial charge in [-0.15, -0.1) is 0 Å². The average molecular weight is 333 g/mol. The first-order valence-electron chi connectivity index (χ1n) is 6.50. The lowest BCUT2D eigenvalue weighted by molar-refractivity contribution is -0.118. The largest absolute Gasteiger partial charge is 0.300 e. The van der Waals surface area contributed by atoms with Crippen molar-refractivity contribution in [2.75, 3.05) is 11.9 Å². The molecule has 1 aromatic heterocycles. The van der Waals surface area contributed by atoms with E-state index in [-0.39, 0.29) is 5.91 Å². The minimum atomic E-state index is 0.0684.